The van der Waals surface area contributed by atoms with Crippen LogP contribution in [-0.4, -0.2) is 54.8 Å². The molecule has 1 aliphatic heterocycles. The number of methoxy groups -OCH3 is 1. The summed E-state index contributed by atoms with van der Waals surface area (Å²) in [4.78, 5) is 22.8. The molecule has 152 valence electrons. The highest BCUT2D eigenvalue weighted by Crippen LogP contribution is 2.29. The Balaban J connectivity index is 1.19. The van der Waals surface area contributed by atoms with E-state index in [1.165, 1.54) is 9.60 Å². The monoisotopic (exact) mass is 427 g/mol. The first-order chi connectivity index (χ1) is 14.2. The van der Waals surface area contributed by atoms with Crippen LogP contribution < -0.4 is 9.64 Å². The molecular weight excluding hydrogens is 402 g/mol. The number of thioether (sulfide) groups is 1. The van der Waals surface area contributed by atoms with Gasteiger partial charge in [-0.25, -0.2) is 4.98 Å². The minimum Gasteiger partial charge on any atom is -0.497 e. The largest absolute Gasteiger partial charge is 0.497 e. The summed E-state index contributed by atoms with van der Waals surface area (Å²) >= 11 is 3.52. The number of hydrogen-bond acceptors (Lipinski definition) is 6. The topological polar surface area (TPSA) is 45.7 Å². The maximum atomic E-state index is 12.5. The van der Waals surface area contributed by atoms with E-state index in [4.69, 9.17) is 9.72 Å². The first-order valence-electron chi connectivity index (χ1n) is 9.88. The van der Waals surface area contributed by atoms with Crippen LogP contribution in [-0.2, 0) is 4.79 Å². The molecule has 3 aromatic rings. The summed E-state index contributed by atoms with van der Waals surface area (Å²) < 4.78 is 6.40. The number of para-hydroxylation sites is 1. The van der Waals surface area contributed by atoms with Crippen molar-refractivity contribution in [2.24, 2.45) is 0 Å². The molecule has 1 aliphatic rings. The van der Waals surface area contributed by atoms with Crippen molar-refractivity contribution in [3.63, 3.8) is 0 Å². The second kappa shape index (κ2) is 9.50. The molecule has 0 N–H and O–H groups in total. The van der Waals surface area contributed by atoms with E-state index in [2.05, 4.69) is 29.2 Å². The van der Waals surface area contributed by atoms with Gasteiger partial charge in [0, 0.05) is 37.5 Å². The number of piperazine rings is 1. The number of carbonyl (C=O) groups excluding carboxylic acids is 1. The second-order valence-electron chi connectivity index (χ2n) is 6.96. The molecule has 0 unspecified atom stereocenters. The molecule has 7 heteroatoms. The molecule has 2 heterocycles. The fraction of sp³-hybridized carbons (Fsp3) is 0.364. The lowest BCUT2D eigenvalue weighted by atomic mass is 10.2. The Morgan fingerprint density at radius 3 is 2.59 bits per heavy atom. The normalized spacial score (nSPS) is 14.4. The van der Waals surface area contributed by atoms with Crippen LogP contribution >= 0.6 is 23.1 Å². The Morgan fingerprint density at radius 2 is 1.86 bits per heavy atom. The van der Waals surface area contributed by atoms with E-state index in [9.17, 15) is 4.79 Å². The Bertz CT molecular complexity index is 917. The molecule has 0 spiro atoms. The van der Waals surface area contributed by atoms with E-state index in [1.54, 1.807) is 30.2 Å². The molecule has 1 aromatic heterocycles. The van der Waals surface area contributed by atoms with E-state index < -0.39 is 0 Å². The maximum Gasteiger partial charge on any atom is 0.222 e. The number of anilines is 1. The van der Waals surface area contributed by atoms with Crippen LogP contribution in [0.4, 0.5) is 5.13 Å². The van der Waals surface area contributed by atoms with Crippen molar-refractivity contribution >= 4 is 44.4 Å². The standard InChI is InChI=1S/C22H25N3O2S2/c1-27-17-8-10-18(11-9-17)28-16-4-7-21(26)24-12-14-25(15-13-24)22-23-19-5-2-3-6-20(19)29-22/h2-3,5-6,8-11H,4,7,12-16H2,1H3. The molecule has 0 atom stereocenters. The third kappa shape index (κ3) is 5.03. The first-order valence-corrected chi connectivity index (χ1v) is 11.7. The summed E-state index contributed by atoms with van der Waals surface area (Å²) in [6.45, 7) is 3.26. The van der Waals surface area contributed by atoms with Crippen molar-refractivity contribution < 1.29 is 9.53 Å². The molecular formula is C22H25N3O2S2. The fourth-order valence-electron chi connectivity index (χ4n) is 3.39. The Morgan fingerprint density at radius 1 is 1.10 bits per heavy atom. The van der Waals surface area contributed by atoms with Crippen molar-refractivity contribution in [3.05, 3.63) is 48.5 Å². The van der Waals surface area contributed by atoms with E-state index in [1.807, 2.05) is 29.2 Å². The van der Waals surface area contributed by atoms with Crippen LogP contribution in [0.15, 0.2) is 53.4 Å². The second-order valence-corrected chi connectivity index (χ2v) is 9.14. The average Bonchev–Trinajstić information content (AvgIpc) is 3.21. The van der Waals surface area contributed by atoms with Crippen molar-refractivity contribution in [2.75, 3.05) is 43.9 Å². The molecule has 1 saturated heterocycles. The molecule has 1 fully saturated rings. The van der Waals surface area contributed by atoms with Crippen LogP contribution in [0, 0.1) is 0 Å². The molecule has 29 heavy (non-hydrogen) atoms. The van der Waals surface area contributed by atoms with Gasteiger partial charge in [0.2, 0.25) is 5.91 Å². The van der Waals surface area contributed by atoms with E-state index >= 15 is 0 Å². The number of benzene rings is 2. The van der Waals surface area contributed by atoms with Gasteiger partial charge in [0.1, 0.15) is 5.75 Å². The first kappa shape index (κ1) is 20.0. The highest BCUT2D eigenvalue weighted by Gasteiger charge is 2.22. The summed E-state index contributed by atoms with van der Waals surface area (Å²) in [5.74, 6) is 2.09. The van der Waals surface area contributed by atoms with Gasteiger partial charge >= 0.3 is 0 Å². The number of ether oxygens (including phenoxy) is 1. The van der Waals surface area contributed by atoms with Gasteiger partial charge in [0.05, 0.1) is 17.3 Å². The van der Waals surface area contributed by atoms with Crippen LogP contribution in [0.1, 0.15) is 12.8 Å². The van der Waals surface area contributed by atoms with Gasteiger partial charge < -0.3 is 14.5 Å². The Labute approximate surface area is 179 Å². The van der Waals surface area contributed by atoms with Crippen molar-refractivity contribution in [3.8, 4) is 5.75 Å². The summed E-state index contributed by atoms with van der Waals surface area (Å²) in [5.41, 5.74) is 1.06. The van der Waals surface area contributed by atoms with Crippen molar-refractivity contribution in [2.45, 2.75) is 17.7 Å². The van der Waals surface area contributed by atoms with Crippen LogP contribution in [0.3, 0.4) is 0 Å². The third-order valence-electron chi connectivity index (χ3n) is 5.05. The minimum absolute atomic E-state index is 0.268. The predicted molar refractivity (Wildman–Crippen MR) is 121 cm³/mol. The highest BCUT2D eigenvalue weighted by molar-refractivity contribution is 7.99. The zero-order chi connectivity index (χ0) is 20.1. The SMILES string of the molecule is COc1ccc(SCCCC(=O)N2CCN(c3nc4ccccc4s3)CC2)cc1. The van der Waals surface area contributed by atoms with Crippen LogP contribution in [0.2, 0.25) is 0 Å². The van der Waals surface area contributed by atoms with Crippen molar-refractivity contribution in [1.29, 1.82) is 0 Å². The molecule has 0 radical (unpaired) electrons. The summed E-state index contributed by atoms with van der Waals surface area (Å²) in [7, 11) is 1.67. The minimum atomic E-state index is 0.268. The van der Waals surface area contributed by atoms with E-state index in [0.717, 1.165) is 54.8 Å². The van der Waals surface area contributed by atoms with Crippen molar-refractivity contribution in [1.82, 2.24) is 9.88 Å². The zero-order valence-electron chi connectivity index (χ0n) is 16.5. The van der Waals surface area contributed by atoms with E-state index in [0.29, 0.717) is 6.42 Å². The van der Waals surface area contributed by atoms with Gasteiger partial charge in [-0.3, -0.25) is 4.79 Å². The van der Waals surface area contributed by atoms with Gasteiger partial charge in [-0.05, 0) is 48.6 Å². The van der Waals surface area contributed by atoms with Gasteiger partial charge in [-0.15, -0.1) is 11.8 Å². The van der Waals surface area contributed by atoms with Gasteiger partial charge in [0.15, 0.2) is 5.13 Å². The number of carbonyl (C=O) groups is 1. The van der Waals surface area contributed by atoms with Gasteiger partial charge in [-0.2, -0.15) is 0 Å². The van der Waals surface area contributed by atoms with Crippen LogP contribution in [0.25, 0.3) is 10.2 Å². The summed E-state index contributed by atoms with van der Waals surface area (Å²) in [5, 5.41) is 1.06. The zero-order valence-corrected chi connectivity index (χ0v) is 18.2. The Hall–Kier alpha value is -2.25. The van der Waals surface area contributed by atoms with E-state index in [-0.39, 0.29) is 5.91 Å². The highest BCUT2D eigenvalue weighted by atomic mass is 32.2. The average molecular weight is 428 g/mol. The number of amides is 1. The van der Waals surface area contributed by atoms with Gasteiger partial charge in [0.25, 0.3) is 0 Å². The predicted octanol–water partition coefficient (Wildman–Crippen LogP) is 4.53. The number of fused-ring (bicyclic) bond motifs is 1. The lowest BCUT2D eigenvalue weighted by molar-refractivity contribution is -0.131. The molecule has 2 aromatic carbocycles. The Kier molecular flexibility index (Phi) is 6.56. The van der Waals surface area contributed by atoms with Crippen LogP contribution in [0.5, 0.6) is 5.75 Å². The fourth-order valence-corrected chi connectivity index (χ4v) is 5.26. The smallest absolute Gasteiger partial charge is 0.222 e. The molecule has 0 aliphatic carbocycles. The number of nitrogens with zero attached hydrogens (tertiary/aromatic N) is 3. The summed E-state index contributed by atoms with van der Waals surface area (Å²) in [6.07, 6.45) is 1.51. The quantitative estimate of drug-likeness (QED) is 0.410. The molecule has 0 bridgehead atoms. The number of rotatable bonds is 7. The molecule has 0 saturated carbocycles. The molecule has 4 rings (SSSR count). The third-order valence-corrected chi connectivity index (χ3v) is 7.24. The lowest BCUT2D eigenvalue weighted by Crippen LogP contribution is -2.48. The number of aromatic nitrogens is 1. The molecule has 1 amide bonds. The molecule has 5 nitrogen and oxygen atoms in total. The lowest BCUT2D eigenvalue weighted by Gasteiger charge is -2.34. The number of hydrogen-bond donors (Lipinski definition) is 0. The van der Waals surface area contributed by atoms with Gasteiger partial charge in [-0.1, -0.05) is 23.5 Å². The maximum absolute atomic E-state index is 12.5. The summed E-state index contributed by atoms with van der Waals surface area (Å²) in [6, 6.07) is 16.3. The number of thiazole rings is 1.